The Balaban J connectivity index is 1.29. The number of hydrogen-bond acceptors (Lipinski definition) is 4. The van der Waals surface area contributed by atoms with Gasteiger partial charge in [-0.3, -0.25) is 0 Å². The minimum absolute atomic E-state index is 0.390. The highest BCUT2D eigenvalue weighted by atomic mass is 79.9. The molecule has 0 heterocycles. The molecule has 0 saturated heterocycles. The van der Waals surface area contributed by atoms with Crippen LogP contribution in [0.4, 0.5) is 4.39 Å². The molecule has 0 fully saturated rings. The van der Waals surface area contributed by atoms with Crippen LogP contribution in [0.1, 0.15) is 62.1 Å². The number of rotatable bonds is 17. The van der Waals surface area contributed by atoms with Gasteiger partial charge in [0, 0.05) is 16.1 Å². The van der Waals surface area contributed by atoms with Crippen LogP contribution in [0.3, 0.4) is 0 Å². The zero-order chi connectivity index (χ0) is 32.0. The molecule has 0 aliphatic heterocycles. The largest absolute Gasteiger partial charge is 0.494 e. The Labute approximate surface area is 274 Å². The molecule has 0 aliphatic carbocycles. The lowest BCUT2D eigenvalue weighted by molar-refractivity contribution is -0.137. The van der Waals surface area contributed by atoms with Crippen LogP contribution in [0.5, 0.6) is 11.5 Å². The van der Waals surface area contributed by atoms with Crippen LogP contribution < -0.4 is 9.47 Å². The number of alkyl halides is 1. The zero-order valence-electron chi connectivity index (χ0n) is 25.8. The molecular formula is C39H40BrFO4. The lowest BCUT2D eigenvalue weighted by atomic mass is 9.94. The van der Waals surface area contributed by atoms with E-state index in [0.29, 0.717) is 30.3 Å². The van der Waals surface area contributed by atoms with Gasteiger partial charge in [0.2, 0.25) is 0 Å². The van der Waals surface area contributed by atoms with Crippen molar-refractivity contribution in [2.75, 3.05) is 13.2 Å². The van der Waals surface area contributed by atoms with Gasteiger partial charge in [-0.05, 0) is 114 Å². The molecule has 4 rings (SSSR count). The molecule has 0 N–H and O–H groups in total. The molecular weight excluding hydrogens is 631 g/mol. The Bertz CT molecular complexity index is 1560. The summed E-state index contributed by atoms with van der Waals surface area (Å²) in [6.45, 7) is 10.6. The Morgan fingerprint density at radius 1 is 0.822 bits per heavy atom. The molecule has 0 aliphatic rings. The monoisotopic (exact) mass is 670 g/mol. The Morgan fingerprint density at radius 2 is 1.49 bits per heavy atom. The fourth-order valence-corrected chi connectivity index (χ4v) is 5.65. The topological polar surface area (TPSA) is 44.8 Å². The summed E-state index contributed by atoms with van der Waals surface area (Å²) in [6, 6.07) is 27.2. The molecule has 0 aromatic heterocycles. The van der Waals surface area contributed by atoms with Gasteiger partial charge in [-0.2, -0.15) is 4.39 Å². The molecule has 0 amide bonds. The Hall–Kier alpha value is -4.16. The first-order valence-electron chi connectivity index (χ1n) is 15.4. The predicted octanol–water partition coefficient (Wildman–Crippen LogP) is 11.1. The van der Waals surface area contributed by atoms with E-state index in [1.165, 1.54) is 11.6 Å². The van der Waals surface area contributed by atoms with Crippen molar-refractivity contribution in [2.24, 2.45) is 0 Å². The molecule has 4 aromatic carbocycles. The number of carbonyl (C=O) groups is 1. The number of esters is 1. The van der Waals surface area contributed by atoms with E-state index >= 15 is 4.39 Å². The van der Waals surface area contributed by atoms with E-state index in [-0.39, 0.29) is 0 Å². The van der Waals surface area contributed by atoms with Gasteiger partial charge in [0.25, 0.3) is 6.36 Å². The quantitative estimate of drug-likeness (QED) is 0.0637. The number of benzene rings is 4. The third-order valence-corrected chi connectivity index (χ3v) is 8.08. The van der Waals surface area contributed by atoms with Crippen molar-refractivity contribution in [3.8, 4) is 33.8 Å². The third-order valence-electron chi connectivity index (χ3n) is 7.42. The molecule has 1 unspecified atom stereocenters. The standard InChI is InChI=1S/C39H40BrFO4/c1-4-11-28-12-22-36(37(40)26-28)32-17-23-35(29(5-2)27-32)30-13-20-34(21-14-30)45-39(41)31-15-18-33(19-16-31)43-24-9-7-8-10-25-44-38(42)6-3/h5-6,12-23,26-27,39H,2-4,7-11,24-25H2,1H3. The maximum Gasteiger partial charge on any atom is 0.330 e. The van der Waals surface area contributed by atoms with Crippen molar-refractivity contribution in [1.29, 1.82) is 0 Å². The van der Waals surface area contributed by atoms with E-state index < -0.39 is 12.3 Å². The van der Waals surface area contributed by atoms with E-state index in [4.69, 9.17) is 14.2 Å². The van der Waals surface area contributed by atoms with E-state index in [1.54, 1.807) is 36.4 Å². The van der Waals surface area contributed by atoms with Crippen LogP contribution in [0.2, 0.25) is 0 Å². The first-order valence-corrected chi connectivity index (χ1v) is 16.2. The number of aryl methyl sites for hydroxylation is 1. The molecule has 0 bridgehead atoms. The molecule has 45 heavy (non-hydrogen) atoms. The molecule has 4 aromatic rings. The third kappa shape index (κ3) is 9.92. The normalized spacial score (nSPS) is 11.4. The molecule has 6 heteroatoms. The Morgan fingerprint density at radius 3 is 2.16 bits per heavy atom. The van der Waals surface area contributed by atoms with E-state index in [0.717, 1.165) is 70.8 Å². The van der Waals surface area contributed by atoms with E-state index in [9.17, 15) is 4.79 Å². The predicted molar refractivity (Wildman–Crippen MR) is 185 cm³/mol. The Kier molecular flexibility index (Phi) is 13.0. The van der Waals surface area contributed by atoms with Crippen LogP contribution >= 0.6 is 15.9 Å². The van der Waals surface area contributed by atoms with E-state index in [2.05, 4.69) is 72.4 Å². The SMILES string of the molecule is C=CC(=O)OCCCCCCOc1ccc(C(F)Oc2ccc(-c3ccc(-c4ccc(CCC)cc4Br)cc3C=C)cc2)cc1. The number of hydrogen-bond donors (Lipinski definition) is 0. The van der Waals surface area contributed by atoms with Gasteiger partial charge >= 0.3 is 5.97 Å². The van der Waals surface area contributed by atoms with Gasteiger partial charge in [0.15, 0.2) is 0 Å². The molecule has 0 saturated carbocycles. The highest BCUT2D eigenvalue weighted by molar-refractivity contribution is 9.10. The van der Waals surface area contributed by atoms with Crippen molar-refractivity contribution in [3.63, 3.8) is 0 Å². The number of halogens is 2. The summed E-state index contributed by atoms with van der Waals surface area (Å²) in [7, 11) is 0. The second kappa shape index (κ2) is 17.4. The van der Waals surface area contributed by atoms with Crippen LogP contribution in [-0.2, 0) is 16.0 Å². The van der Waals surface area contributed by atoms with Gasteiger partial charge in [-0.25, -0.2) is 4.79 Å². The molecule has 4 nitrogen and oxygen atoms in total. The highest BCUT2D eigenvalue weighted by Gasteiger charge is 2.13. The summed E-state index contributed by atoms with van der Waals surface area (Å²) in [5, 5.41) is 0. The van der Waals surface area contributed by atoms with Crippen molar-refractivity contribution in [1.82, 2.24) is 0 Å². The average Bonchev–Trinajstić information content (AvgIpc) is 3.06. The highest BCUT2D eigenvalue weighted by Crippen LogP contribution is 2.35. The van der Waals surface area contributed by atoms with Gasteiger partial charge in [-0.15, -0.1) is 0 Å². The maximum absolute atomic E-state index is 15.0. The second-order valence-corrected chi connectivity index (χ2v) is 11.6. The van der Waals surface area contributed by atoms with Crippen molar-refractivity contribution < 1.29 is 23.4 Å². The summed E-state index contributed by atoms with van der Waals surface area (Å²) >= 11 is 3.75. The second-order valence-electron chi connectivity index (χ2n) is 10.7. The van der Waals surface area contributed by atoms with Gasteiger partial charge in [0.1, 0.15) is 11.5 Å². The zero-order valence-corrected chi connectivity index (χ0v) is 27.4. The smallest absolute Gasteiger partial charge is 0.330 e. The summed E-state index contributed by atoms with van der Waals surface area (Å²) in [4.78, 5) is 11.0. The first kappa shape index (κ1) is 33.7. The minimum Gasteiger partial charge on any atom is -0.494 e. The maximum atomic E-state index is 15.0. The molecule has 0 spiro atoms. The van der Waals surface area contributed by atoms with Crippen molar-refractivity contribution >= 4 is 28.0 Å². The van der Waals surface area contributed by atoms with Gasteiger partial charge in [0.05, 0.1) is 13.2 Å². The van der Waals surface area contributed by atoms with Gasteiger partial charge < -0.3 is 14.2 Å². The minimum atomic E-state index is -1.61. The summed E-state index contributed by atoms with van der Waals surface area (Å²) in [5.74, 6) is 0.734. The molecule has 1 atom stereocenters. The van der Waals surface area contributed by atoms with Crippen LogP contribution in [0, 0.1) is 0 Å². The van der Waals surface area contributed by atoms with E-state index in [1.807, 2.05) is 18.2 Å². The summed E-state index contributed by atoms with van der Waals surface area (Å²) in [5.41, 5.74) is 7.04. The van der Waals surface area contributed by atoms with Gasteiger partial charge in [-0.1, -0.05) is 84.9 Å². The lowest BCUT2D eigenvalue weighted by Gasteiger charge is -2.14. The molecule has 234 valence electrons. The average molecular weight is 672 g/mol. The number of unbranched alkanes of at least 4 members (excludes halogenated alkanes) is 3. The fraction of sp³-hybridized carbons (Fsp3) is 0.256. The summed E-state index contributed by atoms with van der Waals surface area (Å²) in [6.07, 6.45) is 7.20. The van der Waals surface area contributed by atoms with Crippen LogP contribution in [-0.4, -0.2) is 19.2 Å². The van der Waals surface area contributed by atoms with Crippen LogP contribution in [0.15, 0.2) is 109 Å². The number of ether oxygens (including phenoxy) is 3. The van der Waals surface area contributed by atoms with Crippen molar-refractivity contribution in [3.05, 3.63) is 125 Å². The molecule has 0 radical (unpaired) electrons. The lowest BCUT2D eigenvalue weighted by Crippen LogP contribution is -2.03. The number of carbonyl (C=O) groups excluding carboxylic acids is 1. The fourth-order valence-electron chi connectivity index (χ4n) is 4.99. The first-order chi connectivity index (χ1) is 21.9. The summed E-state index contributed by atoms with van der Waals surface area (Å²) < 4.78 is 32.4. The van der Waals surface area contributed by atoms with Crippen molar-refractivity contribution in [2.45, 2.75) is 51.8 Å². The van der Waals surface area contributed by atoms with Crippen LogP contribution in [0.25, 0.3) is 28.3 Å².